The third-order valence-corrected chi connectivity index (χ3v) is 5.88. The van der Waals surface area contributed by atoms with Crippen molar-refractivity contribution in [3.05, 3.63) is 78.4 Å². The topological polar surface area (TPSA) is 40.6 Å². The van der Waals surface area contributed by atoms with Crippen molar-refractivity contribution in [2.24, 2.45) is 0 Å². The molecule has 0 fully saturated rings. The second-order valence-corrected chi connectivity index (χ2v) is 7.73. The minimum atomic E-state index is 0.292. The van der Waals surface area contributed by atoms with Gasteiger partial charge in [-0.2, -0.15) is 0 Å². The normalized spacial score (nSPS) is 12.3. The molecule has 0 unspecified atom stereocenters. The quantitative estimate of drug-likeness (QED) is 0.388. The molecule has 0 radical (unpaired) electrons. The summed E-state index contributed by atoms with van der Waals surface area (Å²) in [6.45, 7) is 0.292. The van der Waals surface area contributed by atoms with Crippen molar-refractivity contribution in [2.45, 2.75) is 10.8 Å². The lowest BCUT2D eigenvalue weighted by Gasteiger charge is -2.11. The van der Waals surface area contributed by atoms with Crippen molar-refractivity contribution in [3.63, 3.8) is 0 Å². The monoisotopic (exact) mass is 401 g/mol. The van der Waals surface area contributed by atoms with Gasteiger partial charge >= 0.3 is 0 Å². The first-order valence-corrected chi connectivity index (χ1v) is 10.3. The van der Waals surface area contributed by atoms with Crippen LogP contribution >= 0.6 is 11.8 Å². The molecule has 1 aliphatic rings. The van der Waals surface area contributed by atoms with Gasteiger partial charge in [0, 0.05) is 17.2 Å². The smallest absolute Gasteiger partial charge is 0.231 e. The number of nitrogens with zero attached hydrogens (tertiary/aromatic N) is 1. The van der Waals surface area contributed by atoms with Crippen molar-refractivity contribution in [2.75, 3.05) is 13.9 Å². The van der Waals surface area contributed by atoms with Crippen LogP contribution in [0.25, 0.3) is 22.0 Å². The van der Waals surface area contributed by atoms with Gasteiger partial charge in [-0.1, -0.05) is 36.4 Å². The number of methoxy groups -OCH3 is 1. The maximum absolute atomic E-state index is 5.49. The SMILES string of the molecule is COc1ccc2c(-c3ccccc3)cc(SCc3ccc4c(c3)OCO4)nc2c1. The molecule has 29 heavy (non-hydrogen) atoms. The van der Waals surface area contributed by atoms with E-state index in [0.717, 1.165) is 38.9 Å². The average Bonchev–Trinajstić information content (AvgIpc) is 3.25. The van der Waals surface area contributed by atoms with Crippen LogP contribution in [0.15, 0.2) is 77.8 Å². The van der Waals surface area contributed by atoms with Gasteiger partial charge in [-0.15, -0.1) is 11.8 Å². The van der Waals surface area contributed by atoms with E-state index in [1.807, 2.05) is 30.3 Å². The van der Waals surface area contributed by atoms with Crippen molar-refractivity contribution in [3.8, 4) is 28.4 Å². The molecular formula is C24H19NO3S. The molecule has 3 aromatic carbocycles. The molecule has 0 amide bonds. The summed E-state index contributed by atoms with van der Waals surface area (Å²) >= 11 is 1.71. The molecule has 0 N–H and O–H groups in total. The highest BCUT2D eigenvalue weighted by molar-refractivity contribution is 7.98. The molecule has 0 aliphatic carbocycles. The first kappa shape index (κ1) is 17.9. The average molecular weight is 401 g/mol. The van der Waals surface area contributed by atoms with E-state index < -0.39 is 0 Å². The number of pyridine rings is 1. The zero-order chi connectivity index (χ0) is 19.6. The summed E-state index contributed by atoms with van der Waals surface area (Å²) in [6, 6.07) is 24.7. The number of hydrogen-bond donors (Lipinski definition) is 0. The lowest BCUT2D eigenvalue weighted by Crippen LogP contribution is -1.93. The fourth-order valence-corrected chi connectivity index (χ4v) is 4.29. The van der Waals surface area contributed by atoms with Crippen LogP contribution in [0.2, 0.25) is 0 Å². The fourth-order valence-electron chi connectivity index (χ4n) is 3.43. The number of hydrogen-bond acceptors (Lipinski definition) is 5. The van der Waals surface area contributed by atoms with Gasteiger partial charge in [-0.3, -0.25) is 0 Å². The molecule has 0 atom stereocenters. The van der Waals surface area contributed by atoms with Gasteiger partial charge in [0.25, 0.3) is 0 Å². The summed E-state index contributed by atoms with van der Waals surface area (Å²) in [4.78, 5) is 4.88. The van der Waals surface area contributed by atoms with Crippen LogP contribution in [-0.4, -0.2) is 18.9 Å². The maximum atomic E-state index is 5.49. The van der Waals surface area contributed by atoms with Crippen LogP contribution in [0.4, 0.5) is 0 Å². The van der Waals surface area contributed by atoms with Crippen molar-refractivity contribution < 1.29 is 14.2 Å². The lowest BCUT2D eigenvalue weighted by atomic mass is 10.0. The summed E-state index contributed by atoms with van der Waals surface area (Å²) < 4.78 is 16.3. The summed E-state index contributed by atoms with van der Waals surface area (Å²) in [5.41, 5.74) is 4.45. The third kappa shape index (κ3) is 3.61. The second-order valence-electron chi connectivity index (χ2n) is 6.73. The molecule has 4 nitrogen and oxygen atoms in total. The minimum absolute atomic E-state index is 0.292. The number of rotatable bonds is 5. The number of benzene rings is 3. The molecule has 0 saturated heterocycles. The Labute approximate surface area is 173 Å². The Kier molecular flexibility index (Phi) is 4.74. The van der Waals surface area contributed by atoms with E-state index >= 15 is 0 Å². The number of fused-ring (bicyclic) bond motifs is 2. The Balaban J connectivity index is 1.51. The van der Waals surface area contributed by atoms with Crippen LogP contribution in [0, 0.1) is 0 Å². The van der Waals surface area contributed by atoms with E-state index in [0.29, 0.717) is 6.79 Å². The predicted octanol–water partition coefficient (Wildman–Crippen LogP) is 5.93. The van der Waals surface area contributed by atoms with E-state index in [2.05, 4.69) is 42.5 Å². The zero-order valence-corrected chi connectivity index (χ0v) is 16.7. The van der Waals surface area contributed by atoms with E-state index in [-0.39, 0.29) is 0 Å². The van der Waals surface area contributed by atoms with E-state index in [1.165, 1.54) is 16.7 Å². The highest BCUT2D eigenvalue weighted by Crippen LogP contribution is 2.36. The largest absolute Gasteiger partial charge is 0.497 e. The maximum Gasteiger partial charge on any atom is 0.231 e. The molecule has 2 heterocycles. The number of thioether (sulfide) groups is 1. The molecular weight excluding hydrogens is 382 g/mol. The van der Waals surface area contributed by atoms with Gasteiger partial charge in [-0.25, -0.2) is 4.98 Å². The molecule has 144 valence electrons. The van der Waals surface area contributed by atoms with Gasteiger partial charge in [-0.05, 0) is 47.0 Å². The van der Waals surface area contributed by atoms with Crippen molar-refractivity contribution >= 4 is 22.7 Å². The standard InChI is InChI=1S/C24H19NO3S/c1-26-18-8-9-19-20(17-5-3-2-4-6-17)13-24(25-21(19)12-18)29-14-16-7-10-22-23(11-16)28-15-27-22/h2-13H,14-15H2,1H3. The number of aromatic nitrogens is 1. The van der Waals surface area contributed by atoms with Gasteiger partial charge in [0.1, 0.15) is 5.75 Å². The third-order valence-electron chi connectivity index (χ3n) is 4.90. The van der Waals surface area contributed by atoms with Gasteiger partial charge in [0.15, 0.2) is 11.5 Å². The lowest BCUT2D eigenvalue weighted by molar-refractivity contribution is 0.174. The Morgan fingerprint density at radius 1 is 0.931 bits per heavy atom. The highest BCUT2D eigenvalue weighted by atomic mass is 32.2. The summed E-state index contributed by atoms with van der Waals surface area (Å²) in [6.07, 6.45) is 0. The molecule has 1 aliphatic heterocycles. The fraction of sp³-hybridized carbons (Fsp3) is 0.125. The molecule has 5 rings (SSSR count). The predicted molar refractivity (Wildman–Crippen MR) is 116 cm³/mol. The van der Waals surface area contributed by atoms with Crippen LogP contribution < -0.4 is 14.2 Å². The second kappa shape index (κ2) is 7.68. The van der Waals surface area contributed by atoms with Gasteiger partial charge < -0.3 is 14.2 Å². The van der Waals surface area contributed by atoms with Crippen LogP contribution in [0.3, 0.4) is 0 Å². The Morgan fingerprint density at radius 2 is 1.79 bits per heavy atom. The summed E-state index contributed by atoms with van der Waals surface area (Å²) in [5, 5.41) is 2.09. The van der Waals surface area contributed by atoms with Gasteiger partial charge in [0.05, 0.1) is 17.7 Å². The molecule has 5 heteroatoms. The minimum Gasteiger partial charge on any atom is -0.497 e. The molecule has 4 aromatic rings. The van der Waals surface area contributed by atoms with E-state index in [9.17, 15) is 0 Å². The first-order valence-electron chi connectivity index (χ1n) is 9.36. The summed E-state index contributed by atoms with van der Waals surface area (Å²) in [7, 11) is 1.68. The molecule has 1 aromatic heterocycles. The zero-order valence-electron chi connectivity index (χ0n) is 15.9. The highest BCUT2D eigenvalue weighted by Gasteiger charge is 2.14. The first-order chi connectivity index (χ1) is 14.3. The van der Waals surface area contributed by atoms with Gasteiger partial charge in [0.2, 0.25) is 6.79 Å². The van der Waals surface area contributed by atoms with E-state index in [1.54, 1.807) is 18.9 Å². The molecule has 0 saturated carbocycles. The Bertz CT molecular complexity index is 1180. The molecule has 0 bridgehead atoms. The molecule has 0 spiro atoms. The van der Waals surface area contributed by atoms with Crippen LogP contribution in [0.1, 0.15) is 5.56 Å². The van der Waals surface area contributed by atoms with Crippen molar-refractivity contribution in [1.82, 2.24) is 4.98 Å². The Hall–Kier alpha value is -3.18. The van der Waals surface area contributed by atoms with Crippen molar-refractivity contribution in [1.29, 1.82) is 0 Å². The van der Waals surface area contributed by atoms with E-state index in [4.69, 9.17) is 19.2 Å². The Morgan fingerprint density at radius 3 is 2.66 bits per heavy atom. The van der Waals surface area contributed by atoms with Crippen LogP contribution in [-0.2, 0) is 5.75 Å². The number of ether oxygens (including phenoxy) is 3. The van der Waals surface area contributed by atoms with Crippen LogP contribution in [0.5, 0.6) is 17.2 Å². The summed E-state index contributed by atoms with van der Waals surface area (Å²) in [5.74, 6) is 3.22.